The number of Topliss-reactive ketones (excluding diaryl/α,β-unsaturated/α-hetero) is 1. The Morgan fingerprint density at radius 1 is 1.48 bits per heavy atom. The summed E-state index contributed by atoms with van der Waals surface area (Å²) < 4.78 is 0. The van der Waals surface area contributed by atoms with Gasteiger partial charge in [-0.2, -0.15) is 0 Å². The van der Waals surface area contributed by atoms with Crippen LogP contribution < -0.4 is 11.1 Å². The lowest BCUT2D eigenvalue weighted by Gasteiger charge is -2.49. The van der Waals surface area contributed by atoms with Crippen LogP contribution in [-0.4, -0.2) is 55.7 Å². The van der Waals surface area contributed by atoms with Gasteiger partial charge in [0.2, 0.25) is 0 Å². The number of carbonyl (C=O) groups excluding carboxylic acids is 3. The topological polar surface area (TPSA) is 143 Å². The van der Waals surface area contributed by atoms with Crippen LogP contribution in [-0.2, 0) is 14.4 Å². The predicted molar refractivity (Wildman–Crippen MR) is 90.7 cm³/mol. The van der Waals surface area contributed by atoms with E-state index in [2.05, 4.69) is 16.9 Å². The fourth-order valence-corrected chi connectivity index (χ4v) is 4.40. The molecular weight excluding hydrogens is 368 g/mol. The highest BCUT2D eigenvalue weighted by Gasteiger charge is 2.54. The highest BCUT2D eigenvalue weighted by atomic mass is 32.2. The molecule has 0 aromatic carbocycles. The van der Waals surface area contributed by atoms with Gasteiger partial charge >= 0.3 is 5.97 Å². The van der Waals surface area contributed by atoms with Crippen LogP contribution in [0.2, 0.25) is 0 Å². The minimum absolute atomic E-state index is 0.0972. The molecule has 1 aromatic heterocycles. The average molecular weight is 380 g/mol. The van der Waals surface area contributed by atoms with Crippen molar-refractivity contribution in [3.05, 3.63) is 35.0 Å². The molecule has 1 saturated heterocycles. The van der Waals surface area contributed by atoms with Crippen molar-refractivity contribution in [2.45, 2.75) is 11.4 Å². The first kappa shape index (κ1) is 17.2. The largest absolute Gasteiger partial charge is 0.477 e. The smallest absolute Gasteiger partial charge is 0.352 e. The fraction of sp³-hybridized carbons (Fsp3) is 0.214. The van der Waals surface area contributed by atoms with Crippen LogP contribution in [0.15, 0.2) is 29.3 Å². The number of aromatic nitrogens is 1. The lowest BCUT2D eigenvalue weighted by atomic mass is 10.0. The number of anilines is 1. The van der Waals surface area contributed by atoms with Crippen LogP contribution in [0.25, 0.3) is 0 Å². The van der Waals surface area contributed by atoms with Gasteiger partial charge in [0, 0.05) is 11.1 Å². The zero-order valence-electron chi connectivity index (χ0n) is 12.6. The molecule has 2 amide bonds. The number of fused-ring (bicyclic) bond motifs is 1. The lowest BCUT2D eigenvalue weighted by molar-refractivity contribution is -0.150. The summed E-state index contributed by atoms with van der Waals surface area (Å²) in [5.74, 6) is -3.39. The van der Waals surface area contributed by atoms with Gasteiger partial charge in [0.15, 0.2) is 5.13 Å². The number of carbonyl (C=O) groups is 4. The number of carboxylic acid groups (broad SMARTS) is 1. The monoisotopic (exact) mass is 380 g/mol. The van der Waals surface area contributed by atoms with Crippen molar-refractivity contribution in [1.82, 2.24) is 15.2 Å². The van der Waals surface area contributed by atoms with Crippen molar-refractivity contribution >= 4 is 51.8 Å². The van der Waals surface area contributed by atoms with E-state index in [0.29, 0.717) is 11.3 Å². The quantitative estimate of drug-likeness (QED) is 0.363. The first-order valence-corrected chi connectivity index (χ1v) is 8.87. The number of β-lactam (4-membered cyclic amide) rings is 1. The summed E-state index contributed by atoms with van der Waals surface area (Å²) in [6, 6.07) is -0.974. The Balaban J connectivity index is 1.75. The molecular formula is C14H12N4O5S2. The molecule has 3 rings (SSSR count). The first-order chi connectivity index (χ1) is 11.8. The number of thiazole rings is 1. The molecule has 0 bridgehead atoms. The Hall–Kier alpha value is -2.66. The maximum Gasteiger partial charge on any atom is 0.352 e. The zero-order chi connectivity index (χ0) is 18.3. The number of nitrogens with two attached hydrogens (primary N) is 1. The number of nitrogen functional groups attached to an aromatic ring is 1. The summed E-state index contributed by atoms with van der Waals surface area (Å²) >= 11 is 2.30. The van der Waals surface area contributed by atoms with E-state index >= 15 is 0 Å². The fourth-order valence-electron chi connectivity index (χ4n) is 2.51. The molecule has 2 aliphatic rings. The molecule has 1 aromatic rings. The highest BCUT2D eigenvalue weighted by molar-refractivity contribution is 8.00. The number of hydrogen-bond donors (Lipinski definition) is 3. The van der Waals surface area contributed by atoms with Crippen molar-refractivity contribution in [3.63, 3.8) is 0 Å². The number of nitrogens with zero attached hydrogens (tertiary/aromatic N) is 2. The standard InChI is InChI=1S/C14H12N4O5S2/c1-2-5-3-24-12-7(11(21)18(12)8(5)13(22)23)17-10(20)9(19)6-4-25-14(15)16-6/h2,4,7,12H,1,3H2,(H2,15,16)(H,17,20)(H,22,23). The van der Waals surface area contributed by atoms with Gasteiger partial charge in [-0.3, -0.25) is 19.3 Å². The van der Waals surface area contributed by atoms with E-state index in [1.54, 1.807) is 0 Å². The molecule has 1 fully saturated rings. The predicted octanol–water partition coefficient (Wildman–Crippen LogP) is -0.167. The minimum atomic E-state index is -1.24. The SMILES string of the molecule is C=CC1=C(C(=O)O)N2C(=O)C(NC(=O)C(=O)c3csc(N)n3)C2SC1. The van der Waals surface area contributed by atoms with E-state index in [-0.39, 0.29) is 16.5 Å². The zero-order valence-corrected chi connectivity index (χ0v) is 14.2. The molecule has 9 nitrogen and oxygen atoms in total. The molecule has 0 radical (unpaired) electrons. The van der Waals surface area contributed by atoms with Gasteiger partial charge < -0.3 is 16.2 Å². The van der Waals surface area contributed by atoms with Crippen LogP contribution in [0.5, 0.6) is 0 Å². The van der Waals surface area contributed by atoms with Gasteiger partial charge in [0.25, 0.3) is 17.6 Å². The number of rotatable bonds is 5. The number of hydrogen-bond acceptors (Lipinski definition) is 8. The van der Waals surface area contributed by atoms with Crippen molar-refractivity contribution in [1.29, 1.82) is 0 Å². The van der Waals surface area contributed by atoms with E-state index in [9.17, 15) is 24.3 Å². The summed E-state index contributed by atoms with van der Waals surface area (Å²) in [7, 11) is 0. The van der Waals surface area contributed by atoms with Crippen LogP contribution in [0.3, 0.4) is 0 Å². The second-order valence-electron chi connectivity index (χ2n) is 5.14. The van der Waals surface area contributed by atoms with Crippen molar-refractivity contribution in [2.75, 3.05) is 11.5 Å². The average Bonchev–Trinajstić information content (AvgIpc) is 3.03. The van der Waals surface area contributed by atoms with E-state index < -0.39 is 35.0 Å². The van der Waals surface area contributed by atoms with Crippen LogP contribution in [0, 0.1) is 0 Å². The van der Waals surface area contributed by atoms with Crippen LogP contribution in [0.4, 0.5) is 5.13 Å². The molecule has 11 heteroatoms. The summed E-state index contributed by atoms with van der Waals surface area (Å²) in [5.41, 5.74) is 5.61. The summed E-state index contributed by atoms with van der Waals surface area (Å²) in [4.78, 5) is 52.6. The van der Waals surface area contributed by atoms with E-state index in [0.717, 1.165) is 16.2 Å². The molecule has 0 aliphatic carbocycles. The number of allylic oxidation sites excluding steroid dienone is 1. The van der Waals surface area contributed by atoms with Gasteiger partial charge in [-0.15, -0.1) is 23.1 Å². The third-order valence-electron chi connectivity index (χ3n) is 3.69. The minimum Gasteiger partial charge on any atom is -0.477 e. The number of amides is 2. The Bertz CT molecular complexity index is 846. The number of aliphatic carboxylic acids is 1. The molecule has 2 unspecified atom stereocenters. The molecule has 0 spiro atoms. The van der Waals surface area contributed by atoms with Gasteiger partial charge in [-0.1, -0.05) is 12.7 Å². The first-order valence-electron chi connectivity index (χ1n) is 6.95. The second kappa shape index (κ2) is 6.33. The van der Waals surface area contributed by atoms with Gasteiger partial charge in [-0.25, -0.2) is 9.78 Å². The van der Waals surface area contributed by atoms with Crippen LogP contribution >= 0.6 is 23.1 Å². The van der Waals surface area contributed by atoms with Crippen molar-refractivity contribution in [3.8, 4) is 0 Å². The Morgan fingerprint density at radius 3 is 2.76 bits per heavy atom. The third kappa shape index (κ3) is 2.81. The maximum absolute atomic E-state index is 12.3. The number of carboxylic acids is 1. The Morgan fingerprint density at radius 2 is 2.20 bits per heavy atom. The van der Waals surface area contributed by atoms with Crippen molar-refractivity contribution < 1.29 is 24.3 Å². The highest BCUT2D eigenvalue weighted by Crippen LogP contribution is 2.40. The molecule has 2 atom stereocenters. The number of nitrogens with one attached hydrogen (secondary N) is 1. The molecule has 130 valence electrons. The Labute approximate surface area is 149 Å². The molecule has 0 saturated carbocycles. The summed E-state index contributed by atoms with van der Waals surface area (Å²) in [5, 5.41) is 12.6. The maximum atomic E-state index is 12.3. The Kier molecular flexibility index (Phi) is 4.35. The van der Waals surface area contributed by atoms with Gasteiger partial charge in [0.05, 0.1) is 0 Å². The van der Waals surface area contributed by atoms with E-state index in [1.165, 1.54) is 23.2 Å². The molecule has 3 heterocycles. The number of thioether (sulfide) groups is 1. The van der Waals surface area contributed by atoms with E-state index in [4.69, 9.17) is 5.73 Å². The summed E-state index contributed by atoms with van der Waals surface area (Å²) in [6.07, 6.45) is 1.39. The summed E-state index contributed by atoms with van der Waals surface area (Å²) in [6.45, 7) is 3.55. The van der Waals surface area contributed by atoms with Crippen LogP contribution in [0.1, 0.15) is 10.5 Å². The normalized spacial score (nSPS) is 22.1. The second-order valence-corrected chi connectivity index (χ2v) is 7.14. The molecule has 4 N–H and O–H groups in total. The van der Waals surface area contributed by atoms with Gasteiger partial charge in [-0.05, 0) is 5.57 Å². The van der Waals surface area contributed by atoms with Crippen molar-refractivity contribution in [2.24, 2.45) is 0 Å². The molecule has 2 aliphatic heterocycles. The van der Waals surface area contributed by atoms with E-state index in [1.807, 2.05) is 0 Å². The third-order valence-corrected chi connectivity index (χ3v) is 5.67. The van der Waals surface area contributed by atoms with Gasteiger partial charge in [0.1, 0.15) is 22.8 Å². The number of ketones is 1. The lowest BCUT2D eigenvalue weighted by Crippen LogP contribution is -2.71. The molecule has 25 heavy (non-hydrogen) atoms.